The fourth-order valence-electron chi connectivity index (χ4n) is 5.04. The molecule has 6 rings (SSSR count). The van der Waals surface area contributed by atoms with Crippen molar-refractivity contribution in [2.45, 2.75) is 14.7 Å². The van der Waals surface area contributed by atoms with E-state index in [0.29, 0.717) is 33.4 Å². The van der Waals surface area contributed by atoms with Gasteiger partial charge in [0.25, 0.3) is 32.1 Å². The number of nitrogen functional groups attached to an aromatic ring is 2. The van der Waals surface area contributed by atoms with Gasteiger partial charge in [0.1, 0.15) is 11.5 Å². The molecule has 53 heavy (non-hydrogen) atoms. The topological polar surface area (TPSA) is 297 Å². The molecule has 0 aliphatic carbocycles. The van der Waals surface area contributed by atoms with Gasteiger partial charge < -0.3 is 36.9 Å². The third-order valence-electron chi connectivity index (χ3n) is 7.51. The molecule has 1 atom stereocenters. The first-order valence-corrected chi connectivity index (χ1v) is 18.8. The minimum atomic E-state index is -4.75. The van der Waals surface area contributed by atoms with Crippen molar-refractivity contribution in [2.75, 3.05) is 22.1 Å². The van der Waals surface area contributed by atoms with Crippen LogP contribution in [0.15, 0.2) is 118 Å². The Labute approximate surface area is 303 Å². The number of anilines is 4. The van der Waals surface area contributed by atoms with E-state index in [0.717, 1.165) is 24.3 Å². The van der Waals surface area contributed by atoms with E-state index in [-0.39, 0.29) is 38.6 Å². The number of nitrogens with one attached hydrogen (secondary N) is 2. The molecule has 16 nitrogen and oxygen atoms in total. The number of aromatic hydroxyl groups is 2. The van der Waals surface area contributed by atoms with Crippen molar-refractivity contribution in [1.29, 1.82) is 0 Å². The molecule has 0 bridgehead atoms. The second kappa shape index (κ2) is 14.9. The van der Waals surface area contributed by atoms with Crippen LogP contribution in [0.4, 0.5) is 22.7 Å². The van der Waals surface area contributed by atoms with Gasteiger partial charge in [0, 0.05) is 45.0 Å². The van der Waals surface area contributed by atoms with Crippen molar-refractivity contribution >= 4 is 87.4 Å². The van der Waals surface area contributed by atoms with E-state index in [4.69, 9.17) is 16.0 Å². The Morgan fingerprint density at radius 2 is 1.25 bits per heavy atom. The van der Waals surface area contributed by atoms with Gasteiger partial charge in [0.15, 0.2) is 11.1 Å². The number of carbonyl (C=O) groups is 2. The lowest BCUT2D eigenvalue weighted by Gasteiger charge is -2.13. The molecule has 0 saturated heterocycles. The van der Waals surface area contributed by atoms with Crippen molar-refractivity contribution < 1.29 is 54.5 Å². The van der Waals surface area contributed by atoms with E-state index >= 15 is 0 Å². The van der Waals surface area contributed by atoms with Crippen LogP contribution in [0.5, 0.6) is 11.5 Å². The molecule has 19 heteroatoms. The quantitative estimate of drug-likeness (QED) is 0.0596. The van der Waals surface area contributed by atoms with E-state index in [1.807, 2.05) is 0 Å². The molecular formula is C34H28N4O12S3. The number of amides is 2. The molecule has 0 aliphatic heterocycles. The van der Waals surface area contributed by atoms with Crippen molar-refractivity contribution in [3.05, 3.63) is 114 Å². The number of benzene rings is 6. The highest BCUT2D eigenvalue weighted by atomic mass is 32.2. The van der Waals surface area contributed by atoms with Crippen LogP contribution in [-0.2, 0) is 31.3 Å². The molecule has 11 N–H and O–H groups in total. The summed E-state index contributed by atoms with van der Waals surface area (Å²) in [6, 6.07) is 23.4. The smallest absolute Gasteiger partial charge is 0.294 e. The molecule has 1 unspecified atom stereocenters. The van der Waals surface area contributed by atoms with Gasteiger partial charge in [-0.05, 0) is 95.7 Å². The summed E-state index contributed by atoms with van der Waals surface area (Å²) in [6.07, 6.45) is 0. The molecular weight excluding hydrogens is 753 g/mol. The second-order valence-electron chi connectivity index (χ2n) is 11.2. The first-order chi connectivity index (χ1) is 24.8. The van der Waals surface area contributed by atoms with Gasteiger partial charge in [-0.3, -0.25) is 18.7 Å². The van der Waals surface area contributed by atoms with E-state index in [1.54, 1.807) is 48.5 Å². The largest absolute Gasteiger partial charge is 0.507 e. The van der Waals surface area contributed by atoms with Gasteiger partial charge in [-0.1, -0.05) is 12.1 Å². The summed E-state index contributed by atoms with van der Waals surface area (Å²) >= 11 is -2.18. The van der Waals surface area contributed by atoms with Crippen LogP contribution in [0, 0.1) is 0 Å². The highest BCUT2D eigenvalue weighted by molar-refractivity contribution is 7.86. The maximum atomic E-state index is 12.5. The summed E-state index contributed by atoms with van der Waals surface area (Å²) in [4.78, 5) is 23.5. The molecule has 0 radical (unpaired) electrons. The minimum absolute atomic E-state index is 0.109. The van der Waals surface area contributed by atoms with Gasteiger partial charge >= 0.3 is 0 Å². The van der Waals surface area contributed by atoms with Crippen molar-refractivity contribution in [1.82, 2.24) is 0 Å². The molecule has 6 aromatic rings. The third kappa shape index (κ3) is 9.05. The van der Waals surface area contributed by atoms with Crippen LogP contribution in [-0.4, -0.2) is 56.7 Å². The predicted molar refractivity (Wildman–Crippen MR) is 198 cm³/mol. The van der Waals surface area contributed by atoms with Gasteiger partial charge in [-0.25, -0.2) is 4.21 Å². The van der Waals surface area contributed by atoms with E-state index in [1.165, 1.54) is 30.3 Å². The molecule has 0 spiro atoms. The fourth-order valence-corrected chi connectivity index (χ4v) is 6.56. The monoisotopic (exact) mass is 780 g/mol. The molecule has 0 aromatic heterocycles. The zero-order valence-electron chi connectivity index (χ0n) is 26.8. The molecule has 6 aromatic carbocycles. The lowest BCUT2D eigenvalue weighted by Crippen LogP contribution is -2.13. The first-order valence-electron chi connectivity index (χ1n) is 14.8. The normalized spacial score (nSPS) is 12.1. The van der Waals surface area contributed by atoms with Gasteiger partial charge in [0.2, 0.25) is 0 Å². The van der Waals surface area contributed by atoms with E-state index in [2.05, 4.69) is 10.6 Å². The zero-order chi connectivity index (χ0) is 38.8. The van der Waals surface area contributed by atoms with Crippen LogP contribution in [0.2, 0.25) is 0 Å². The van der Waals surface area contributed by atoms with Crippen LogP contribution in [0.3, 0.4) is 0 Å². The number of fused-ring (bicyclic) bond motifs is 2. The summed E-state index contributed by atoms with van der Waals surface area (Å²) < 4.78 is 84.8. The Kier molecular flexibility index (Phi) is 10.7. The molecule has 274 valence electrons. The van der Waals surface area contributed by atoms with Crippen LogP contribution < -0.4 is 22.1 Å². The van der Waals surface area contributed by atoms with Gasteiger partial charge in [-0.15, -0.1) is 0 Å². The minimum Gasteiger partial charge on any atom is -0.507 e. The van der Waals surface area contributed by atoms with Gasteiger partial charge in [0.05, 0.1) is 20.4 Å². The standard InChI is InChI=1S/C17H14N2O8S2.C17H14N2O4S/c18-11-3-1-2-9(4-11)17(21)19-14-7-12(28(22,23)24)5-10-6-13(29(25,26)27)8-15(20)16(10)14;18-12-4-1-10(2-5-12)17(21)19-13-6-3-11-7-14(24(22)23)9-16(20)15(11)8-13/h1-8,20H,18H2,(H,19,21)(H,22,23,24)(H,25,26,27);1-9,20H,18H2,(H,19,21)(H,22,23). The maximum Gasteiger partial charge on any atom is 0.294 e. The number of phenols is 2. The Hall–Kier alpha value is -6.09. The fraction of sp³-hybridized carbons (Fsp3) is 0. The highest BCUT2D eigenvalue weighted by Gasteiger charge is 2.21. The molecule has 2 amide bonds. The Morgan fingerprint density at radius 1 is 0.623 bits per heavy atom. The summed E-state index contributed by atoms with van der Waals surface area (Å²) in [6.45, 7) is 0. The summed E-state index contributed by atoms with van der Waals surface area (Å²) in [7, 11) is -9.47. The summed E-state index contributed by atoms with van der Waals surface area (Å²) in [5, 5.41) is 26.2. The Bertz CT molecular complexity index is 2680. The zero-order valence-corrected chi connectivity index (χ0v) is 29.2. The number of phenolic OH excluding ortho intramolecular Hbond substituents is 2. The first kappa shape index (κ1) is 38.1. The molecule has 0 aliphatic rings. The number of hydrogen-bond donors (Lipinski definition) is 9. The van der Waals surface area contributed by atoms with Crippen molar-refractivity contribution in [3.8, 4) is 11.5 Å². The molecule has 0 saturated carbocycles. The Balaban J connectivity index is 0.000000208. The van der Waals surface area contributed by atoms with Crippen LogP contribution in [0.1, 0.15) is 20.7 Å². The van der Waals surface area contributed by atoms with Crippen molar-refractivity contribution in [2.24, 2.45) is 0 Å². The van der Waals surface area contributed by atoms with E-state index in [9.17, 15) is 50.0 Å². The number of nitrogens with two attached hydrogens (primary N) is 2. The van der Waals surface area contributed by atoms with Crippen LogP contribution in [0.25, 0.3) is 21.5 Å². The molecule has 0 fully saturated rings. The number of carbonyl (C=O) groups excluding carboxylic acids is 2. The van der Waals surface area contributed by atoms with E-state index < -0.39 is 52.8 Å². The third-order valence-corrected chi connectivity index (χ3v) is 9.81. The second-order valence-corrected chi connectivity index (χ2v) is 15.1. The SMILES string of the molecule is Nc1ccc(C(=O)Nc2ccc3cc(S(=O)O)cc(O)c3c2)cc1.Nc1cccc(C(=O)Nc2cc(S(=O)(=O)O)cc3cc(S(=O)(=O)O)cc(O)c23)c1. The summed E-state index contributed by atoms with van der Waals surface area (Å²) in [5.41, 5.74) is 13.0. The Morgan fingerprint density at radius 3 is 1.85 bits per heavy atom. The lowest BCUT2D eigenvalue weighted by atomic mass is 10.1. The summed E-state index contributed by atoms with van der Waals surface area (Å²) in [5.74, 6) is -1.79. The highest BCUT2D eigenvalue weighted by Crippen LogP contribution is 2.37. The van der Waals surface area contributed by atoms with Crippen LogP contribution >= 0.6 is 0 Å². The average molecular weight is 781 g/mol. The molecule has 0 heterocycles. The average Bonchev–Trinajstić information content (AvgIpc) is 3.08. The number of rotatable bonds is 7. The maximum absolute atomic E-state index is 12.5. The predicted octanol–water partition coefficient (Wildman–Crippen LogP) is 4.83. The van der Waals surface area contributed by atoms with Crippen molar-refractivity contribution in [3.63, 3.8) is 0 Å². The number of hydrogen-bond acceptors (Lipinski definition) is 11. The lowest BCUT2D eigenvalue weighted by molar-refractivity contribution is 0.101. The van der Waals surface area contributed by atoms with Gasteiger partial charge in [-0.2, -0.15) is 16.8 Å².